The van der Waals surface area contributed by atoms with Crippen molar-refractivity contribution in [2.75, 3.05) is 16.4 Å². The largest absolute Gasteiger partial charge is 0.323 e. The van der Waals surface area contributed by atoms with E-state index in [-0.39, 0.29) is 4.90 Å². The second kappa shape index (κ2) is 7.57. The van der Waals surface area contributed by atoms with Crippen LogP contribution in [0.15, 0.2) is 59.5 Å². The molecule has 0 radical (unpaired) electrons. The molecular weight excluding hydrogens is 334 g/mol. The van der Waals surface area contributed by atoms with Gasteiger partial charge in [0.25, 0.3) is 5.91 Å². The van der Waals surface area contributed by atoms with Crippen LogP contribution < -0.4 is 16.1 Å². The van der Waals surface area contributed by atoms with Gasteiger partial charge in [-0.15, -0.1) is 0 Å². The van der Waals surface area contributed by atoms with Crippen LogP contribution in [0.2, 0.25) is 0 Å². The summed E-state index contributed by atoms with van der Waals surface area (Å²) in [7, 11) is -3.87. The number of anilines is 2. The van der Waals surface area contributed by atoms with Gasteiger partial charge >= 0.3 is 6.03 Å². The Labute approximate surface area is 138 Å². The lowest BCUT2D eigenvalue weighted by Gasteiger charge is -2.08. The van der Waals surface area contributed by atoms with Crippen molar-refractivity contribution in [1.29, 1.82) is 0 Å². The molecule has 3 amide bonds. The van der Waals surface area contributed by atoms with Crippen LogP contribution in [0.3, 0.4) is 0 Å². The highest BCUT2D eigenvalue weighted by Gasteiger charge is 2.19. The van der Waals surface area contributed by atoms with Crippen LogP contribution in [-0.2, 0) is 14.6 Å². The van der Waals surface area contributed by atoms with Crippen LogP contribution in [0.25, 0.3) is 0 Å². The predicted octanol–water partition coefficient (Wildman–Crippen LogP) is 1.61. The van der Waals surface area contributed by atoms with E-state index in [9.17, 15) is 18.0 Å². The van der Waals surface area contributed by atoms with Gasteiger partial charge in [-0.2, -0.15) is 0 Å². The lowest BCUT2D eigenvalue weighted by atomic mass is 10.3. The van der Waals surface area contributed by atoms with Crippen LogP contribution in [0.4, 0.5) is 16.2 Å². The van der Waals surface area contributed by atoms with Gasteiger partial charge in [0.2, 0.25) is 0 Å². The van der Waals surface area contributed by atoms with Crippen molar-refractivity contribution in [3.63, 3.8) is 0 Å². The van der Waals surface area contributed by atoms with Gasteiger partial charge in [-0.25, -0.2) is 18.7 Å². The monoisotopic (exact) mass is 349 g/mol. The Morgan fingerprint density at radius 2 is 1.42 bits per heavy atom. The van der Waals surface area contributed by atoms with Gasteiger partial charge in [0, 0.05) is 11.4 Å². The maximum Gasteiger partial charge on any atom is 0.323 e. The molecule has 0 aromatic heterocycles. The van der Waals surface area contributed by atoms with Crippen molar-refractivity contribution < 1.29 is 23.2 Å². The van der Waals surface area contributed by atoms with E-state index in [0.717, 1.165) is 0 Å². The first-order chi connectivity index (χ1) is 11.4. The normalized spacial score (nSPS) is 10.7. The van der Waals surface area contributed by atoms with Crippen molar-refractivity contribution in [3.05, 3.63) is 54.6 Å². The number of hydrogen-bond donors (Lipinski definition) is 4. The Morgan fingerprint density at radius 1 is 0.875 bits per heavy atom. The average Bonchev–Trinajstić information content (AvgIpc) is 2.55. The molecule has 0 heterocycles. The lowest BCUT2D eigenvalue weighted by molar-refractivity contribution is -0.126. The molecule has 0 aliphatic carbocycles. The topological polar surface area (TPSA) is 125 Å². The second-order valence-electron chi connectivity index (χ2n) is 4.76. The van der Waals surface area contributed by atoms with Crippen molar-refractivity contribution in [2.45, 2.75) is 4.90 Å². The van der Waals surface area contributed by atoms with Gasteiger partial charge in [-0.1, -0.05) is 18.2 Å². The van der Waals surface area contributed by atoms with Gasteiger partial charge in [-0.3, -0.25) is 10.0 Å². The zero-order valence-electron chi connectivity index (χ0n) is 12.4. The third-order valence-corrected chi connectivity index (χ3v) is 4.58. The Balaban J connectivity index is 2.01. The number of nitrogens with one attached hydrogen (secondary N) is 3. The van der Waals surface area contributed by atoms with E-state index < -0.39 is 27.5 Å². The Kier molecular flexibility index (Phi) is 5.51. The molecular formula is C15H15N3O5S. The third-order valence-electron chi connectivity index (χ3n) is 2.95. The van der Waals surface area contributed by atoms with Gasteiger partial charge < -0.3 is 10.6 Å². The number of para-hydroxylation sites is 1. The van der Waals surface area contributed by atoms with Gasteiger partial charge in [0.05, 0.1) is 4.90 Å². The minimum absolute atomic E-state index is 0.0971. The Bertz CT molecular complexity index is 820. The number of rotatable bonds is 5. The molecule has 2 aromatic carbocycles. The first-order valence-corrected chi connectivity index (χ1v) is 8.45. The number of carbonyl (C=O) groups excluding carboxylic acids is 2. The van der Waals surface area contributed by atoms with Crippen molar-refractivity contribution in [2.24, 2.45) is 0 Å². The zero-order valence-corrected chi connectivity index (χ0v) is 13.2. The number of hydroxylamine groups is 1. The van der Waals surface area contributed by atoms with Crippen molar-refractivity contribution in [1.82, 2.24) is 5.48 Å². The molecule has 0 bridgehead atoms. The molecule has 2 aromatic rings. The molecule has 24 heavy (non-hydrogen) atoms. The van der Waals surface area contributed by atoms with E-state index in [1.165, 1.54) is 29.7 Å². The van der Waals surface area contributed by atoms with Gasteiger partial charge in [0.1, 0.15) is 5.75 Å². The van der Waals surface area contributed by atoms with Crippen LogP contribution in [0.5, 0.6) is 0 Å². The van der Waals surface area contributed by atoms with Crippen molar-refractivity contribution in [3.8, 4) is 0 Å². The highest BCUT2D eigenvalue weighted by molar-refractivity contribution is 7.92. The van der Waals surface area contributed by atoms with Crippen LogP contribution in [0.1, 0.15) is 0 Å². The molecule has 0 saturated heterocycles. The lowest BCUT2D eigenvalue weighted by Crippen LogP contribution is -2.27. The number of benzene rings is 2. The fraction of sp³-hybridized carbons (Fsp3) is 0.0667. The standard InChI is InChI=1S/C15H15N3O5S/c19-14(18-21)10-24(22,23)13-8-6-12(7-9-13)17-15(20)16-11-4-2-1-3-5-11/h1-9,21H,10H2,(H,18,19)(H2,16,17,20). The molecule has 0 unspecified atom stereocenters. The first kappa shape index (κ1) is 17.4. The van der Waals surface area contributed by atoms with E-state index in [1.807, 2.05) is 6.07 Å². The molecule has 9 heteroatoms. The molecule has 0 saturated carbocycles. The smallest absolute Gasteiger partial charge is 0.308 e. The summed E-state index contributed by atoms with van der Waals surface area (Å²) in [6.45, 7) is 0. The molecule has 8 nitrogen and oxygen atoms in total. The molecule has 0 atom stereocenters. The summed E-state index contributed by atoms with van der Waals surface area (Å²) < 4.78 is 23.8. The molecule has 4 N–H and O–H groups in total. The van der Waals surface area contributed by atoms with Crippen LogP contribution in [-0.4, -0.2) is 31.3 Å². The summed E-state index contributed by atoms with van der Waals surface area (Å²) >= 11 is 0. The second-order valence-corrected chi connectivity index (χ2v) is 6.75. The quantitative estimate of drug-likeness (QED) is 0.482. The number of sulfone groups is 1. The van der Waals surface area contributed by atoms with E-state index in [2.05, 4.69) is 10.6 Å². The summed E-state index contributed by atoms with van der Waals surface area (Å²) in [6.07, 6.45) is 0. The zero-order chi connectivity index (χ0) is 17.6. The SMILES string of the molecule is O=C(CS(=O)(=O)c1ccc(NC(=O)Nc2ccccc2)cc1)NO. The van der Waals surface area contributed by atoms with Gasteiger partial charge in [-0.05, 0) is 36.4 Å². The highest BCUT2D eigenvalue weighted by atomic mass is 32.2. The number of amides is 3. The minimum atomic E-state index is -3.87. The Morgan fingerprint density at radius 3 is 1.96 bits per heavy atom. The molecule has 0 aliphatic heterocycles. The summed E-state index contributed by atoms with van der Waals surface area (Å²) in [5.41, 5.74) is 2.27. The maximum atomic E-state index is 11.9. The highest BCUT2D eigenvalue weighted by Crippen LogP contribution is 2.16. The summed E-state index contributed by atoms with van der Waals surface area (Å²) in [5, 5.41) is 13.6. The molecule has 0 fully saturated rings. The molecule has 0 aliphatic rings. The van der Waals surface area contributed by atoms with Crippen LogP contribution >= 0.6 is 0 Å². The first-order valence-electron chi connectivity index (χ1n) is 6.79. The fourth-order valence-corrected chi connectivity index (χ4v) is 2.98. The fourth-order valence-electron chi connectivity index (χ4n) is 1.85. The van der Waals surface area contributed by atoms with E-state index in [0.29, 0.717) is 11.4 Å². The predicted molar refractivity (Wildman–Crippen MR) is 87.5 cm³/mol. The van der Waals surface area contributed by atoms with Gasteiger partial charge in [0.15, 0.2) is 9.84 Å². The van der Waals surface area contributed by atoms with Crippen molar-refractivity contribution >= 4 is 33.2 Å². The third kappa shape index (κ3) is 4.80. The minimum Gasteiger partial charge on any atom is -0.308 e. The summed E-state index contributed by atoms with van der Waals surface area (Å²) in [6, 6.07) is 13.7. The number of carbonyl (C=O) groups is 2. The maximum absolute atomic E-state index is 11.9. The van der Waals surface area contributed by atoms with E-state index in [4.69, 9.17) is 5.21 Å². The number of hydrogen-bond acceptors (Lipinski definition) is 5. The molecule has 2 rings (SSSR count). The van der Waals surface area contributed by atoms with Crippen LogP contribution in [0, 0.1) is 0 Å². The van der Waals surface area contributed by atoms with E-state index >= 15 is 0 Å². The summed E-state index contributed by atoms with van der Waals surface area (Å²) in [4.78, 5) is 22.7. The molecule has 126 valence electrons. The Hall–Kier alpha value is -2.91. The average molecular weight is 349 g/mol. The molecule has 0 spiro atoms. The van der Waals surface area contributed by atoms with E-state index in [1.54, 1.807) is 24.3 Å². The number of urea groups is 1. The summed E-state index contributed by atoms with van der Waals surface area (Å²) in [5.74, 6) is -1.90.